The van der Waals surface area contributed by atoms with Crippen LogP contribution in [0, 0.1) is 20.8 Å². The number of hydrogen-bond donors (Lipinski definition) is 1. The minimum Gasteiger partial charge on any atom is -0.317 e. The predicted molar refractivity (Wildman–Crippen MR) is 120 cm³/mol. The molecule has 156 valence electrons. The Morgan fingerprint density at radius 3 is 2.35 bits per heavy atom. The number of carbonyl (C=O) groups is 3. The lowest BCUT2D eigenvalue weighted by Gasteiger charge is -2.27. The van der Waals surface area contributed by atoms with Gasteiger partial charge < -0.3 is 4.57 Å². The lowest BCUT2D eigenvalue weighted by atomic mass is 10.1. The normalized spacial score (nSPS) is 15.5. The fourth-order valence-corrected chi connectivity index (χ4v) is 3.76. The zero-order chi connectivity index (χ0) is 22.3. The number of halogens is 1. The largest absolute Gasteiger partial charge is 0.335 e. The zero-order valence-electron chi connectivity index (χ0n) is 17.3. The first kappa shape index (κ1) is 20.6. The predicted octanol–water partition coefficient (Wildman–Crippen LogP) is 4.72. The maximum atomic E-state index is 13.2. The molecule has 1 aliphatic heterocycles. The summed E-state index contributed by atoms with van der Waals surface area (Å²) in [5.74, 6) is -1.44. The van der Waals surface area contributed by atoms with E-state index < -0.39 is 17.8 Å². The van der Waals surface area contributed by atoms with Gasteiger partial charge in [-0.1, -0.05) is 29.8 Å². The number of aromatic nitrogens is 1. The molecular formula is C24H20ClN3O3. The Hall–Kier alpha value is -3.64. The first-order valence-electron chi connectivity index (χ1n) is 9.70. The molecule has 1 aromatic heterocycles. The average Bonchev–Trinajstić information content (AvgIpc) is 3.18. The van der Waals surface area contributed by atoms with E-state index in [-0.39, 0.29) is 5.57 Å². The quantitative estimate of drug-likeness (QED) is 0.479. The van der Waals surface area contributed by atoms with Gasteiger partial charge in [-0.15, -0.1) is 0 Å². The van der Waals surface area contributed by atoms with Crippen LogP contribution in [-0.2, 0) is 9.59 Å². The summed E-state index contributed by atoms with van der Waals surface area (Å²) in [6.45, 7) is 5.75. The molecule has 0 spiro atoms. The molecule has 0 aliphatic carbocycles. The van der Waals surface area contributed by atoms with Crippen LogP contribution in [0.4, 0.5) is 10.5 Å². The van der Waals surface area contributed by atoms with E-state index in [1.54, 1.807) is 31.2 Å². The minimum atomic E-state index is -0.803. The maximum Gasteiger partial charge on any atom is 0.335 e. The zero-order valence-corrected chi connectivity index (χ0v) is 18.0. The van der Waals surface area contributed by atoms with E-state index in [0.717, 1.165) is 21.7 Å². The molecule has 0 unspecified atom stereocenters. The molecule has 1 fully saturated rings. The van der Waals surface area contributed by atoms with Crippen LogP contribution >= 0.6 is 11.6 Å². The van der Waals surface area contributed by atoms with Crippen LogP contribution in [0.15, 0.2) is 60.3 Å². The Kier molecular flexibility index (Phi) is 5.25. The molecule has 1 saturated heterocycles. The summed E-state index contributed by atoms with van der Waals surface area (Å²) in [5, 5.41) is 2.67. The summed E-state index contributed by atoms with van der Waals surface area (Å²) in [6, 6.07) is 13.7. The molecule has 3 aromatic rings. The van der Waals surface area contributed by atoms with Gasteiger partial charge >= 0.3 is 6.03 Å². The summed E-state index contributed by atoms with van der Waals surface area (Å²) in [4.78, 5) is 39.2. The smallest absolute Gasteiger partial charge is 0.317 e. The molecule has 1 aliphatic rings. The fourth-order valence-electron chi connectivity index (χ4n) is 3.59. The topological polar surface area (TPSA) is 71.4 Å². The molecule has 2 heterocycles. The van der Waals surface area contributed by atoms with Crippen molar-refractivity contribution in [1.29, 1.82) is 0 Å². The third-order valence-corrected chi connectivity index (χ3v) is 5.90. The van der Waals surface area contributed by atoms with Crippen molar-refractivity contribution < 1.29 is 14.4 Å². The standard InChI is InChI=1S/C24H20ClN3O3/c1-14-7-4-10-20(15(14)2)27-12-6-8-17(27)13-18-22(29)26-24(31)28(23(18)30)21-11-5-9-19(25)16(21)3/h4-13H,1-3H3,(H,26,29,31)/b18-13+. The Morgan fingerprint density at radius 1 is 0.871 bits per heavy atom. The lowest BCUT2D eigenvalue weighted by molar-refractivity contribution is -0.122. The van der Waals surface area contributed by atoms with Gasteiger partial charge in [0.05, 0.1) is 5.69 Å². The van der Waals surface area contributed by atoms with Gasteiger partial charge in [0, 0.05) is 22.6 Å². The molecule has 0 saturated carbocycles. The van der Waals surface area contributed by atoms with Gasteiger partial charge in [0.25, 0.3) is 11.8 Å². The van der Waals surface area contributed by atoms with Crippen molar-refractivity contribution in [3.8, 4) is 5.69 Å². The van der Waals surface area contributed by atoms with Gasteiger partial charge in [-0.2, -0.15) is 0 Å². The molecule has 6 nitrogen and oxygen atoms in total. The van der Waals surface area contributed by atoms with Gasteiger partial charge in [-0.25, -0.2) is 9.69 Å². The molecule has 7 heteroatoms. The summed E-state index contributed by atoms with van der Waals surface area (Å²) in [5.41, 5.74) is 4.57. The first-order chi connectivity index (χ1) is 14.8. The van der Waals surface area contributed by atoms with Crippen LogP contribution in [0.3, 0.4) is 0 Å². The van der Waals surface area contributed by atoms with E-state index in [9.17, 15) is 14.4 Å². The van der Waals surface area contributed by atoms with Crippen molar-refractivity contribution in [3.05, 3.63) is 87.7 Å². The number of anilines is 1. The molecule has 0 atom stereocenters. The van der Waals surface area contributed by atoms with Crippen LogP contribution in [0.2, 0.25) is 5.02 Å². The highest BCUT2D eigenvalue weighted by Gasteiger charge is 2.37. The number of amides is 4. The van der Waals surface area contributed by atoms with Crippen LogP contribution in [-0.4, -0.2) is 22.4 Å². The second-order valence-electron chi connectivity index (χ2n) is 7.36. The van der Waals surface area contributed by atoms with Gasteiger partial charge in [-0.05, 0) is 73.9 Å². The van der Waals surface area contributed by atoms with E-state index in [4.69, 9.17) is 11.6 Å². The average molecular weight is 434 g/mol. The molecule has 4 rings (SSSR count). The first-order valence-corrected chi connectivity index (χ1v) is 10.1. The minimum absolute atomic E-state index is 0.135. The van der Waals surface area contributed by atoms with E-state index in [2.05, 4.69) is 5.32 Å². The molecule has 0 bridgehead atoms. The van der Waals surface area contributed by atoms with Crippen molar-refractivity contribution in [1.82, 2.24) is 9.88 Å². The van der Waals surface area contributed by atoms with Crippen molar-refractivity contribution in [2.45, 2.75) is 20.8 Å². The molecule has 1 N–H and O–H groups in total. The second-order valence-corrected chi connectivity index (χ2v) is 7.77. The summed E-state index contributed by atoms with van der Waals surface area (Å²) >= 11 is 6.17. The van der Waals surface area contributed by atoms with Crippen LogP contribution < -0.4 is 10.2 Å². The van der Waals surface area contributed by atoms with Crippen LogP contribution in [0.1, 0.15) is 22.4 Å². The summed E-state index contributed by atoms with van der Waals surface area (Å²) in [7, 11) is 0. The third kappa shape index (κ3) is 3.55. The van der Waals surface area contributed by atoms with Crippen molar-refractivity contribution in [3.63, 3.8) is 0 Å². The van der Waals surface area contributed by atoms with Gasteiger partial charge in [0.1, 0.15) is 5.57 Å². The lowest BCUT2D eigenvalue weighted by Crippen LogP contribution is -2.54. The number of rotatable bonds is 3. The maximum absolute atomic E-state index is 13.2. The Bertz CT molecular complexity index is 1270. The monoisotopic (exact) mass is 433 g/mol. The third-order valence-electron chi connectivity index (χ3n) is 5.49. The highest BCUT2D eigenvalue weighted by Crippen LogP contribution is 2.30. The number of aryl methyl sites for hydroxylation is 1. The van der Waals surface area contributed by atoms with Gasteiger partial charge in [-0.3, -0.25) is 14.9 Å². The molecule has 31 heavy (non-hydrogen) atoms. The van der Waals surface area contributed by atoms with E-state index >= 15 is 0 Å². The number of hydrogen-bond acceptors (Lipinski definition) is 3. The molecular weight excluding hydrogens is 414 g/mol. The number of imide groups is 2. The van der Waals surface area contributed by atoms with Crippen LogP contribution in [0.25, 0.3) is 11.8 Å². The van der Waals surface area contributed by atoms with Crippen LogP contribution in [0.5, 0.6) is 0 Å². The molecule has 2 aromatic carbocycles. The van der Waals surface area contributed by atoms with E-state index in [1.807, 2.05) is 48.9 Å². The van der Waals surface area contributed by atoms with E-state index in [1.165, 1.54) is 6.08 Å². The highest BCUT2D eigenvalue weighted by atomic mass is 35.5. The van der Waals surface area contributed by atoms with Gasteiger partial charge in [0.15, 0.2) is 0 Å². The Morgan fingerprint density at radius 2 is 1.58 bits per heavy atom. The van der Waals surface area contributed by atoms with Crippen molar-refractivity contribution >= 4 is 41.2 Å². The SMILES string of the molecule is Cc1cccc(-n2cccc2/C=C2\C(=O)NC(=O)N(c3cccc(Cl)c3C)C2=O)c1C. The highest BCUT2D eigenvalue weighted by molar-refractivity contribution is 6.39. The van der Waals surface area contributed by atoms with Gasteiger partial charge in [0.2, 0.25) is 0 Å². The number of barbiturate groups is 1. The van der Waals surface area contributed by atoms with Crippen molar-refractivity contribution in [2.75, 3.05) is 4.90 Å². The second kappa shape index (κ2) is 7.89. The number of carbonyl (C=O) groups excluding carboxylic acids is 3. The summed E-state index contributed by atoms with van der Waals surface area (Å²) < 4.78 is 1.90. The fraction of sp³-hybridized carbons (Fsp3) is 0.125. The summed E-state index contributed by atoms with van der Waals surface area (Å²) in [6.07, 6.45) is 3.36. The number of urea groups is 1. The number of nitrogens with one attached hydrogen (secondary N) is 1. The van der Waals surface area contributed by atoms with E-state index in [0.29, 0.717) is 22.0 Å². The number of nitrogens with zero attached hydrogens (tertiary/aromatic N) is 2. The Labute approximate surface area is 184 Å². The van der Waals surface area contributed by atoms with Crippen molar-refractivity contribution in [2.24, 2.45) is 0 Å². The molecule has 0 radical (unpaired) electrons. The number of benzene rings is 2. The molecule has 4 amide bonds. The Balaban J connectivity index is 1.80.